The van der Waals surface area contributed by atoms with Crippen molar-refractivity contribution in [2.75, 3.05) is 25.6 Å². The van der Waals surface area contributed by atoms with Gasteiger partial charge in [0.15, 0.2) is 0 Å². The molecule has 1 aromatic carbocycles. The van der Waals surface area contributed by atoms with Gasteiger partial charge >= 0.3 is 6.03 Å². The molecule has 2 heterocycles. The maximum absolute atomic E-state index is 12.1. The molecule has 0 radical (unpaired) electrons. The fourth-order valence-corrected chi connectivity index (χ4v) is 2.79. The zero-order valence-corrected chi connectivity index (χ0v) is 12.1. The summed E-state index contributed by atoms with van der Waals surface area (Å²) in [5.74, 6) is 0. The molecule has 0 saturated carbocycles. The SMILES string of the molecule is COC1COC2C(NC(=O)Nc3cccc(C#N)c3)COC12. The van der Waals surface area contributed by atoms with E-state index in [0.717, 1.165) is 0 Å². The number of hydrogen-bond donors (Lipinski definition) is 2. The van der Waals surface area contributed by atoms with E-state index in [1.54, 1.807) is 31.4 Å². The lowest BCUT2D eigenvalue weighted by atomic mass is 10.1. The third kappa shape index (κ3) is 2.90. The molecular weight excluding hydrogens is 286 g/mol. The molecule has 2 aliphatic heterocycles. The highest BCUT2D eigenvalue weighted by Crippen LogP contribution is 2.28. The number of nitrogens with one attached hydrogen (secondary N) is 2. The maximum Gasteiger partial charge on any atom is 0.319 e. The minimum Gasteiger partial charge on any atom is -0.376 e. The lowest BCUT2D eigenvalue weighted by Gasteiger charge is -2.18. The molecule has 0 bridgehead atoms. The van der Waals surface area contributed by atoms with Gasteiger partial charge in [-0.25, -0.2) is 4.79 Å². The number of rotatable bonds is 3. The van der Waals surface area contributed by atoms with E-state index in [0.29, 0.717) is 24.5 Å². The summed E-state index contributed by atoms with van der Waals surface area (Å²) in [6, 6.07) is 8.18. The number of nitrogens with zero attached hydrogens (tertiary/aromatic N) is 1. The van der Waals surface area contributed by atoms with Gasteiger partial charge in [0.05, 0.1) is 30.9 Å². The van der Waals surface area contributed by atoms with E-state index in [1.807, 2.05) is 6.07 Å². The van der Waals surface area contributed by atoms with Crippen LogP contribution in [0.25, 0.3) is 0 Å². The van der Waals surface area contributed by atoms with Crippen molar-refractivity contribution < 1.29 is 19.0 Å². The Balaban J connectivity index is 1.57. The number of nitriles is 1. The van der Waals surface area contributed by atoms with Crippen molar-refractivity contribution in [3.8, 4) is 6.07 Å². The van der Waals surface area contributed by atoms with E-state index in [-0.39, 0.29) is 30.4 Å². The van der Waals surface area contributed by atoms with Crippen molar-refractivity contribution in [3.05, 3.63) is 29.8 Å². The second kappa shape index (κ2) is 6.32. The highest BCUT2D eigenvalue weighted by molar-refractivity contribution is 5.89. The summed E-state index contributed by atoms with van der Waals surface area (Å²) in [5, 5.41) is 14.4. The van der Waals surface area contributed by atoms with Crippen molar-refractivity contribution in [2.24, 2.45) is 0 Å². The molecule has 4 atom stereocenters. The molecule has 2 fully saturated rings. The largest absolute Gasteiger partial charge is 0.376 e. The van der Waals surface area contributed by atoms with Crippen LogP contribution in [0.3, 0.4) is 0 Å². The summed E-state index contributed by atoms with van der Waals surface area (Å²) >= 11 is 0. The Morgan fingerprint density at radius 2 is 2.18 bits per heavy atom. The number of methoxy groups -OCH3 is 1. The van der Waals surface area contributed by atoms with E-state index in [2.05, 4.69) is 10.6 Å². The average Bonchev–Trinajstić information content (AvgIpc) is 3.10. The zero-order valence-electron chi connectivity index (χ0n) is 12.1. The monoisotopic (exact) mass is 303 g/mol. The summed E-state index contributed by atoms with van der Waals surface area (Å²) in [5.41, 5.74) is 1.05. The van der Waals surface area contributed by atoms with E-state index < -0.39 is 0 Å². The summed E-state index contributed by atoms with van der Waals surface area (Å²) in [6.07, 6.45) is -0.425. The number of carbonyl (C=O) groups is 1. The molecule has 0 spiro atoms. The minimum atomic E-state index is -0.353. The molecule has 3 rings (SSSR count). The second-order valence-corrected chi connectivity index (χ2v) is 5.27. The van der Waals surface area contributed by atoms with Gasteiger partial charge in [-0.05, 0) is 18.2 Å². The first kappa shape index (κ1) is 14.8. The predicted molar refractivity (Wildman–Crippen MR) is 77.4 cm³/mol. The molecule has 0 aromatic heterocycles. The first-order chi connectivity index (χ1) is 10.7. The Morgan fingerprint density at radius 3 is 2.95 bits per heavy atom. The summed E-state index contributed by atoms with van der Waals surface area (Å²) in [4.78, 5) is 12.1. The first-order valence-electron chi connectivity index (χ1n) is 7.05. The Hall–Kier alpha value is -2.14. The maximum atomic E-state index is 12.1. The normalized spacial score (nSPS) is 29.6. The fraction of sp³-hybridized carbons (Fsp3) is 0.467. The molecule has 22 heavy (non-hydrogen) atoms. The number of benzene rings is 1. The molecule has 7 nitrogen and oxygen atoms in total. The standard InChI is InChI=1S/C15H17N3O4/c1-20-12-8-22-13-11(7-21-14(12)13)18-15(19)17-10-4-2-3-9(5-10)6-16/h2-5,11-14H,7-8H2,1H3,(H2,17,18,19). The van der Waals surface area contributed by atoms with Gasteiger partial charge in [0.25, 0.3) is 0 Å². The van der Waals surface area contributed by atoms with Gasteiger partial charge in [-0.15, -0.1) is 0 Å². The van der Waals surface area contributed by atoms with Crippen molar-refractivity contribution in [1.29, 1.82) is 5.26 Å². The van der Waals surface area contributed by atoms with Crippen molar-refractivity contribution in [1.82, 2.24) is 5.32 Å². The van der Waals surface area contributed by atoms with Crippen LogP contribution in [0.1, 0.15) is 5.56 Å². The van der Waals surface area contributed by atoms with Crippen LogP contribution in [0.2, 0.25) is 0 Å². The Morgan fingerprint density at radius 1 is 1.36 bits per heavy atom. The number of urea groups is 1. The number of fused-ring (bicyclic) bond motifs is 1. The highest BCUT2D eigenvalue weighted by atomic mass is 16.6. The molecule has 2 aliphatic rings. The molecule has 7 heteroatoms. The molecule has 116 valence electrons. The lowest BCUT2D eigenvalue weighted by Crippen LogP contribution is -2.46. The third-order valence-electron chi connectivity index (χ3n) is 3.88. The molecule has 2 N–H and O–H groups in total. The minimum absolute atomic E-state index is 0.0906. The number of hydrogen-bond acceptors (Lipinski definition) is 5. The average molecular weight is 303 g/mol. The van der Waals surface area contributed by atoms with Gasteiger partial charge in [-0.2, -0.15) is 5.26 Å². The van der Waals surface area contributed by atoms with Crippen LogP contribution in [0, 0.1) is 11.3 Å². The Bertz CT molecular complexity index is 601. The number of anilines is 1. The van der Waals surface area contributed by atoms with Gasteiger partial charge in [-0.3, -0.25) is 0 Å². The summed E-state index contributed by atoms with van der Waals surface area (Å²) in [7, 11) is 1.62. The van der Waals surface area contributed by atoms with Gasteiger partial charge in [0.1, 0.15) is 18.3 Å². The van der Waals surface area contributed by atoms with E-state index in [4.69, 9.17) is 19.5 Å². The number of carbonyl (C=O) groups excluding carboxylic acids is 1. The smallest absolute Gasteiger partial charge is 0.319 e. The molecular formula is C15H17N3O4. The van der Waals surface area contributed by atoms with Crippen LogP contribution < -0.4 is 10.6 Å². The van der Waals surface area contributed by atoms with E-state index in [9.17, 15) is 4.79 Å². The van der Waals surface area contributed by atoms with Crippen LogP contribution in [0.4, 0.5) is 10.5 Å². The third-order valence-corrected chi connectivity index (χ3v) is 3.88. The van der Waals surface area contributed by atoms with E-state index >= 15 is 0 Å². The van der Waals surface area contributed by atoms with Gasteiger partial charge in [0.2, 0.25) is 0 Å². The van der Waals surface area contributed by atoms with E-state index in [1.165, 1.54) is 0 Å². The van der Waals surface area contributed by atoms with Crippen LogP contribution in [0.5, 0.6) is 0 Å². The quantitative estimate of drug-likeness (QED) is 0.864. The Labute approximate surface area is 128 Å². The lowest BCUT2D eigenvalue weighted by molar-refractivity contribution is -0.00805. The molecule has 4 unspecified atom stereocenters. The molecule has 0 aliphatic carbocycles. The van der Waals surface area contributed by atoms with Crippen molar-refractivity contribution in [3.63, 3.8) is 0 Å². The summed E-state index contributed by atoms with van der Waals surface area (Å²) < 4.78 is 16.6. The van der Waals surface area contributed by atoms with Gasteiger partial charge < -0.3 is 24.8 Å². The number of amides is 2. The summed E-state index contributed by atoms with van der Waals surface area (Å²) in [6.45, 7) is 0.858. The van der Waals surface area contributed by atoms with Crippen molar-refractivity contribution >= 4 is 11.7 Å². The van der Waals surface area contributed by atoms with Crippen molar-refractivity contribution in [2.45, 2.75) is 24.4 Å². The molecule has 1 aromatic rings. The molecule has 2 amide bonds. The van der Waals surface area contributed by atoms with Gasteiger partial charge in [-0.1, -0.05) is 6.07 Å². The number of ether oxygens (including phenoxy) is 3. The predicted octanol–water partition coefficient (Wildman–Crippen LogP) is 0.861. The second-order valence-electron chi connectivity index (χ2n) is 5.27. The Kier molecular flexibility index (Phi) is 4.24. The van der Waals surface area contributed by atoms with Crippen LogP contribution in [0.15, 0.2) is 24.3 Å². The van der Waals surface area contributed by atoms with Crippen LogP contribution in [-0.2, 0) is 14.2 Å². The van der Waals surface area contributed by atoms with Crippen LogP contribution >= 0.6 is 0 Å². The van der Waals surface area contributed by atoms with Gasteiger partial charge in [0, 0.05) is 12.8 Å². The zero-order chi connectivity index (χ0) is 15.5. The highest BCUT2D eigenvalue weighted by Gasteiger charge is 2.48. The fourth-order valence-electron chi connectivity index (χ4n) is 2.79. The van der Waals surface area contributed by atoms with Crippen LogP contribution in [-0.4, -0.2) is 50.7 Å². The topological polar surface area (TPSA) is 92.6 Å². The molecule has 2 saturated heterocycles. The first-order valence-corrected chi connectivity index (χ1v) is 7.05.